The normalized spacial score (nSPS) is 32.7. The highest BCUT2D eigenvalue weighted by Gasteiger charge is 2.44. The lowest BCUT2D eigenvalue weighted by molar-refractivity contribution is 0.263. The first-order chi connectivity index (χ1) is 7.10. The average Bonchev–Trinajstić information content (AvgIpc) is 2.69. The molecule has 2 aliphatic heterocycles. The second-order valence-corrected chi connectivity index (χ2v) is 5.20. The van der Waals surface area contributed by atoms with Gasteiger partial charge in [0.25, 0.3) is 0 Å². The molecule has 1 saturated heterocycles. The Morgan fingerprint density at radius 2 is 2.20 bits per heavy atom. The molecule has 1 heteroatoms. The first-order valence-electron chi connectivity index (χ1n) is 6.20. The molecular formula is C14H23N. The monoisotopic (exact) mass is 205 g/mol. The van der Waals surface area contributed by atoms with E-state index in [-0.39, 0.29) is 0 Å². The molecule has 0 amide bonds. The van der Waals surface area contributed by atoms with Crippen LogP contribution in [-0.2, 0) is 0 Å². The van der Waals surface area contributed by atoms with Crippen molar-refractivity contribution in [1.82, 2.24) is 4.90 Å². The van der Waals surface area contributed by atoms with Crippen LogP contribution in [0.25, 0.3) is 0 Å². The maximum atomic E-state index is 2.66. The Bertz CT molecular complexity index is 324. The number of hydrogen-bond acceptors (Lipinski definition) is 1. The smallest absolute Gasteiger partial charge is 0.0610 e. The molecule has 0 spiro atoms. The molecule has 0 aromatic carbocycles. The van der Waals surface area contributed by atoms with Crippen LogP contribution in [0.5, 0.6) is 0 Å². The van der Waals surface area contributed by atoms with Gasteiger partial charge in [-0.25, -0.2) is 0 Å². The third-order valence-corrected chi connectivity index (χ3v) is 4.31. The van der Waals surface area contributed by atoms with E-state index in [0.29, 0.717) is 5.54 Å². The summed E-state index contributed by atoms with van der Waals surface area (Å²) in [6.07, 6.45) is 6.40. The summed E-state index contributed by atoms with van der Waals surface area (Å²) in [5.74, 6) is 0. The van der Waals surface area contributed by atoms with Crippen LogP contribution in [0.3, 0.4) is 0 Å². The molecule has 84 valence electrons. The van der Waals surface area contributed by atoms with Gasteiger partial charge in [0, 0.05) is 6.54 Å². The summed E-state index contributed by atoms with van der Waals surface area (Å²) in [6.45, 7) is 11.6. The van der Waals surface area contributed by atoms with E-state index in [1.165, 1.54) is 37.9 Å². The lowest BCUT2D eigenvalue weighted by atomic mass is 9.86. The van der Waals surface area contributed by atoms with Crippen LogP contribution in [-0.4, -0.2) is 23.5 Å². The van der Waals surface area contributed by atoms with Crippen LogP contribution in [0, 0.1) is 0 Å². The second kappa shape index (κ2) is 3.79. The molecule has 0 bridgehead atoms. The van der Waals surface area contributed by atoms with E-state index in [0.717, 1.165) is 0 Å². The van der Waals surface area contributed by atoms with Crippen LogP contribution in [0.4, 0.5) is 0 Å². The van der Waals surface area contributed by atoms with Crippen molar-refractivity contribution in [1.29, 1.82) is 0 Å². The van der Waals surface area contributed by atoms with Crippen LogP contribution in [0.2, 0.25) is 0 Å². The zero-order chi connectivity index (χ0) is 11.1. The molecular weight excluding hydrogens is 182 g/mol. The van der Waals surface area contributed by atoms with Gasteiger partial charge in [-0.05, 0) is 52.2 Å². The van der Waals surface area contributed by atoms with Crippen molar-refractivity contribution in [3.8, 4) is 0 Å². The van der Waals surface area contributed by atoms with Crippen LogP contribution in [0.15, 0.2) is 22.8 Å². The molecule has 0 radical (unpaired) electrons. The maximum absolute atomic E-state index is 2.66. The number of allylic oxidation sites excluding steroid dienone is 1. The fourth-order valence-corrected chi connectivity index (χ4v) is 3.10. The fraction of sp³-hybridized carbons (Fsp3) is 0.714. The highest BCUT2D eigenvalue weighted by atomic mass is 15.2. The summed E-state index contributed by atoms with van der Waals surface area (Å²) >= 11 is 0. The Morgan fingerprint density at radius 3 is 2.87 bits per heavy atom. The first-order valence-corrected chi connectivity index (χ1v) is 6.20. The molecule has 0 saturated carbocycles. The van der Waals surface area contributed by atoms with Crippen molar-refractivity contribution < 1.29 is 0 Å². The predicted octanol–water partition coefficient (Wildman–Crippen LogP) is 3.53. The van der Waals surface area contributed by atoms with Crippen molar-refractivity contribution in [2.75, 3.05) is 13.1 Å². The van der Waals surface area contributed by atoms with E-state index in [2.05, 4.69) is 38.7 Å². The Morgan fingerprint density at radius 1 is 1.47 bits per heavy atom. The summed E-state index contributed by atoms with van der Waals surface area (Å²) in [5.41, 5.74) is 5.06. The van der Waals surface area contributed by atoms with Gasteiger partial charge in [-0.2, -0.15) is 0 Å². The number of fused-ring (bicyclic) bond motifs is 1. The molecule has 1 fully saturated rings. The SMILES string of the molecule is CC/C(C)=C/C12CCCN1CC(C)=C2C. The van der Waals surface area contributed by atoms with Crippen molar-refractivity contribution in [3.63, 3.8) is 0 Å². The average molecular weight is 205 g/mol. The minimum atomic E-state index is 0.310. The molecule has 1 unspecified atom stereocenters. The van der Waals surface area contributed by atoms with E-state index >= 15 is 0 Å². The molecule has 0 aromatic rings. The van der Waals surface area contributed by atoms with Gasteiger partial charge in [0.15, 0.2) is 0 Å². The zero-order valence-corrected chi connectivity index (χ0v) is 10.6. The van der Waals surface area contributed by atoms with Gasteiger partial charge >= 0.3 is 0 Å². The third kappa shape index (κ3) is 1.57. The van der Waals surface area contributed by atoms with E-state index < -0.39 is 0 Å². The molecule has 2 heterocycles. The summed E-state index contributed by atoms with van der Waals surface area (Å²) in [7, 11) is 0. The van der Waals surface area contributed by atoms with Crippen molar-refractivity contribution >= 4 is 0 Å². The minimum absolute atomic E-state index is 0.310. The van der Waals surface area contributed by atoms with Gasteiger partial charge in [0.1, 0.15) is 0 Å². The molecule has 0 aromatic heterocycles. The molecule has 2 aliphatic rings. The highest BCUT2D eigenvalue weighted by Crippen LogP contribution is 2.44. The molecule has 2 rings (SSSR count). The zero-order valence-electron chi connectivity index (χ0n) is 10.6. The third-order valence-electron chi connectivity index (χ3n) is 4.31. The second-order valence-electron chi connectivity index (χ2n) is 5.20. The van der Waals surface area contributed by atoms with Crippen molar-refractivity contribution in [2.24, 2.45) is 0 Å². The Kier molecular flexibility index (Phi) is 2.76. The molecule has 1 nitrogen and oxygen atoms in total. The quantitative estimate of drug-likeness (QED) is 0.623. The van der Waals surface area contributed by atoms with Gasteiger partial charge < -0.3 is 0 Å². The molecule has 15 heavy (non-hydrogen) atoms. The molecule has 0 N–H and O–H groups in total. The Labute approximate surface area is 93.9 Å². The standard InChI is InChI=1S/C14H23N/c1-5-11(2)9-14-7-6-8-15(14)10-12(3)13(14)4/h9H,5-8,10H2,1-4H3/b11-9+. The van der Waals surface area contributed by atoms with Gasteiger partial charge in [-0.3, -0.25) is 4.90 Å². The van der Waals surface area contributed by atoms with Gasteiger partial charge in [-0.1, -0.05) is 24.1 Å². The Hall–Kier alpha value is -0.560. The molecule has 1 atom stereocenters. The Balaban J connectivity index is 2.38. The first kappa shape index (κ1) is 10.9. The van der Waals surface area contributed by atoms with E-state index in [4.69, 9.17) is 0 Å². The van der Waals surface area contributed by atoms with Gasteiger partial charge in [-0.15, -0.1) is 0 Å². The topological polar surface area (TPSA) is 3.24 Å². The van der Waals surface area contributed by atoms with Crippen LogP contribution < -0.4 is 0 Å². The van der Waals surface area contributed by atoms with Gasteiger partial charge in [0.2, 0.25) is 0 Å². The van der Waals surface area contributed by atoms with E-state index in [1.54, 1.807) is 11.1 Å². The number of nitrogens with zero attached hydrogens (tertiary/aromatic N) is 1. The van der Waals surface area contributed by atoms with E-state index in [9.17, 15) is 0 Å². The molecule has 0 aliphatic carbocycles. The minimum Gasteiger partial charge on any atom is -0.287 e. The van der Waals surface area contributed by atoms with E-state index in [1.807, 2.05) is 0 Å². The predicted molar refractivity (Wildman–Crippen MR) is 66.0 cm³/mol. The maximum Gasteiger partial charge on any atom is 0.0610 e. The summed E-state index contributed by atoms with van der Waals surface area (Å²) in [6, 6.07) is 0. The summed E-state index contributed by atoms with van der Waals surface area (Å²) in [4.78, 5) is 2.66. The van der Waals surface area contributed by atoms with Gasteiger partial charge in [0.05, 0.1) is 5.54 Å². The lowest BCUT2D eigenvalue weighted by Crippen LogP contribution is -2.38. The fourth-order valence-electron chi connectivity index (χ4n) is 3.10. The highest BCUT2D eigenvalue weighted by molar-refractivity contribution is 5.39. The number of hydrogen-bond donors (Lipinski definition) is 0. The summed E-state index contributed by atoms with van der Waals surface area (Å²) < 4.78 is 0. The largest absolute Gasteiger partial charge is 0.287 e. The van der Waals surface area contributed by atoms with Crippen molar-refractivity contribution in [2.45, 2.75) is 52.5 Å². The lowest BCUT2D eigenvalue weighted by Gasteiger charge is -2.32. The van der Waals surface area contributed by atoms with Crippen molar-refractivity contribution in [3.05, 3.63) is 22.8 Å². The van der Waals surface area contributed by atoms with Crippen LogP contribution in [0.1, 0.15) is 47.0 Å². The summed E-state index contributed by atoms with van der Waals surface area (Å²) in [5, 5.41) is 0. The van der Waals surface area contributed by atoms with Crippen LogP contribution >= 0.6 is 0 Å². The number of rotatable bonds is 2.